The lowest BCUT2D eigenvalue weighted by Crippen LogP contribution is -2.33. The van der Waals surface area contributed by atoms with Crippen LogP contribution < -0.4 is 4.74 Å². The Hall–Kier alpha value is -3.15. The Morgan fingerprint density at radius 3 is 2.44 bits per heavy atom. The molecule has 0 aliphatic carbocycles. The molecule has 2 aromatic heterocycles. The number of benzene rings is 2. The van der Waals surface area contributed by atoms with Gasteiger partial charge in [-0.3, -0.25) is 4.90 Å². The van der Waals surface area contributed by atoms with E-state index >= 15 is 0 Å². The molecule has 1 fully saturated rings. The molecule has 0 N–H and O–H groups in total. The molecule has 0 radical (unpaired) electrons. The molecule has 1 aliphatic rings. The minimum Gasteiger partial charge on any atom is -0.492 e. The van der Waals surface area contributed by atoms with Gasteiger partial charge in [0.1, 0.15) is 12.4 Å². The number of likely N-dealkylation sites (tertiary alicyclic amines) is 1. The van der Waals surface area contributed by atoms with Gasteiger partial charge in [-0.05, 0) is 74.0 Å². The van der Waals surface area contributed by atoms with E-state index in [4.69, 9.17) is 4.74 Å². The highest BCUT2D eigenvalue weighted by Crippen LogP contribution is 2.39. The molecule has 206 valence electrons. The lowest BCUT2D eigenvalue weighted by molar-refractivity contribution is -0.141. The molecule has 0 saturated carbocycles. The highest BCUT2D eigenvalue weighted by atomic mass is 32.2. The van der Waals surface area contributed by atoms with E-state index < -0.39 is 21.7 Å². The third-order valence-electron chi connectivity index (χ3n) is 6.59. The predicted molar refractivity (Wildman–Crippen MR) is 146 cm³/mol. The number of hydrogen-bond donors (Lipinski definition) is 0. The maximum Gasteiger partial charge on any atom is 0.435 e. The molecule has 0 atom stereocenters. The van der Waals surface area contributed by atoms with Crippen molar-refractivity contribution >= 4 is 21.2 Å². The van der Waals surface area contributed by atoms with E-state index in [2.05, 4.69) is 10.00 Å². The number of alkyl halides is 3. The second kappa shape index (κ2) is 11.1. The number of thiophene rings is 1. The molecule has 1 saturated heterocycles. The Balaban J connectivity index is 1.44. The summed E-state index contributed by atoms with van der Waals surface area (Å²) in [5.74, 6) is 0.559. The van der Waals surface area contributed by atoms with E-state index in [0.29, 0.717) is 28.5 Å². The number of sulfone groups is 1. The third kappa shape index (κ3) is 6.54. The zero-order chi connectivity index (χ0) is 27.6. The van der Waals surface area contributed by atoms with Crippen molar-refractivity contribution in [1.82, 2.24) is 14.7 Å². The molecule has 3 heterocycles. The van der Waals surface area contributed by atoms with Crippen LogP contribution in [0.5, 0.6) is 5.75 Å². The van der Waals surface area contributed by atoms with Crippen LogP contribution in [-0.4, -0.2) is 55.6 Å². The van der Waals surface area contributed by atoms with Crippen LogP contribution in [-0.2, 0) is 16.0 Å². The van der Waals surface area contributed by atoms with Crippen molar-refractivity contribution in [3.8, 4) is 32.4 Å². The molecular weight excluding hydrogens is 547 g/mol. The van der Waals surface area contributed by atoms with Crippen LogP contribution in [0.25, 0.3) is 26.7 Å². The number of halogens is 3. The highest BCUT2D eigenvalue weighted by molar-refractivity contribution is 7.90. The Morgan fingerprint density at radius 1 is 0.949 bits per heavy atom. The van der Waals surface area contributed by atoms with Gasteiger partial charge in [0, 0.05) is 23.7 Å². The van der Waals surface area contributed by atoms with Gasteiger partial charge >= 0.3 is 6.18 Å². The molecule has 0 bridgehead atoms. The van der Waals surface area contributed by atoms with Gasteiger partial charge in [-0.1, -0.05) is 24.6 Å². The first-order valence-corrected chi connectivity index (χ1v) is 15.3. The summed E-state index contributed by atoms with van der Waals surface area (Å²) in [5, 5.41) is 3.91. The first-order chi connectivity index (χ1) is 18.6. The quantitative estimate of drug-likeness (QED) is 0.238. The van der Waals surface area contributed by atoms with Gasteiger partial charge in [-0.2, -0.15) is 18.3 Å². The number of hydrogen-bond acceptors (Lipinski definition) is 6. The summed E-state index contributed by atoms with van der Waals surface area (Å²) in [6.45, 7) is 3.40. The Morgan fingerprint density at radius 2 is 1.69 bits per heavy atom. The van der Waals surface area contributed by atoms with Crippen molar-refractivity contribution in [3.63, 3.8) is 0 Å². The van der Waals surface area contributed by atoms with E-state index in [1.807, 2.05) is 0 Å². The van der Waals surface area contributed by atoms with E-state index in [9.17, 15) is 21.6 Å². The Labute approximate surface area is 229 Å². The van der Waals surface area contributed by atoms with Crippen molar-refractivity contribution < 1.29 is 26.3 Å². The van der Waals surface area contributed by atoms with E-state index in [1.54, 1.807) is 54.6 Å². The molecule has 5 rings (SSSR count). The van der Waals surface area contributed by atoms with Crippen LogP contribution in [0.1, 0.15) is 25.0 Å². The van der Waals surface area contributed by atoms with Gasteiger partial charge in [0.25, 0.3) is 0 Å². The number of ether oxygens (including phenoxy) is 1. The molecule has 39 heavy (non-hydrogen) atoms. The smallest absolute Gasteiger partial charge is 0.435 e. The molecule has 0 amide bonds. The van der Waals surface area contributed by atoms with E-state index in [1.165, 1.54) is 41.3 Å². The number of nitrogens with zero attached hydrogens (tertiary/aromatic N) is 3. The van der Waals surface area contributed by atoms with Crippen molar-refractivity contribution in [2.45, 2.75) is 30.3 Å². The number of aromatic nitrogens is 2. The van der Waals surface area contributed by atoms with Gasteiger partial charge in [0.05, 0.1) is 21.2 Å². The first-order valence-electron chi connectivity index (χ1n) is 12.6. The van der Waals surface area contributed by atoms with Crippen molar-refractivity contribution in [3.05, 3.63) is 72.4 Å². The second-order valence-electron chi connectivity index (χ2n) is 9.54. The summed E-state index contributed by atoms with van der Waals surface area (Å²) in [5.41, 5.74) is 0.400. The van der Waals surface area contributed by atoms with E-state index in [0.717, 1.165) is 36.8 Å². The monoisotopic (exact) mass is 575 g/mol. The van der Waals surface area contributed by atoms with Gasteiger partial charge in [0.15, 0.2) is 15.5 Å². The second-order valence-corrected chi connectivity index (χ2v) is 12.6. The molecular formula is C28H28F3N3O3S2. The van der Waals surface area contributed by atoms with Crippen LogP contribution >= 0.6 is 11.3 Å². The molecule has 0 spiro atoms. The molecule has 6 nitrogen and oxygen atoms in total. The topological polar surface area (TPSA) is 64.4 Å². The summed E-state index contributed by atoms with van der Waals surface area (Å²) in [6, 6.07) is 17.9. The average Bonchev–Trinajstić information content (AvgIpc) is 3.57. The maximum atomic E-state index is 13.7. The lowest BCUT2D eigenvalue weighted by Gasteiger charge is -2.26. The van der Waals surface area contributed by atoms with Gasteiger partial charge in [0.2, 0.25) is 0 Å². The summed E-state index contributed by atoms with van der Waals surface area (Å²) in [7, 11) is -3.40. The number of rotatable bonds is 8. The van der Waals surface area contributed by atoms with Crippen LogP contribution in [0.4, 0.5) is 13.2 Å². The fraction of sp³-hybridized carbons (Fsp3) is 0.321. The van der Waals surface area contributed by atoms with Gasteiger partial charge in [-0.25, -0.2) is 13.1 Å². The highest BCUT2D eigenvalue weighted by Gasteiger charge is 2.35. The third-order valence-corrected chi connectivity index (χ3v) is 8.86. The SMILES string of the molecule is CS(=O)(=O)c1cccc(-c2ccc(-c3cc(C(F)(F)F)nn3-c3cccc(OCCN4CCCCC4)c3)s2)c1. The summed E-state index contributed by atoms with van der Waals surface area (Å²) in [4.78, 5) is 3.83. The molecule has 2 aromatic carbocycles. The molecule has 4 aromatic rings. The molecule has 1 aliphatic heterocycles. The Kier molecular flexibility index (Phi) is 7.84. The standard InChI is InChI=1S/C28H28F3N3O3S2/c1-39(35,36)23-10-5-7-20(17-23)25-11-12-26(38-25)24-19-27(28(29,30)31)32-34(24)21-8-6-9-22(18-21)37-16-15-33-13-3-2-4-14-33/h5-12,17-19H,2-4,13-16H2,1H3. The zero-order valence-corrected chi connectivity index (χ0v) is 23.0. The largest absolute Gasteiger partial charge is 0.492 e. The average molecular weight is 576 g/mol. The van der Waals surface area contributed by atoms with Crippen LogP contribution in [0.3, 0.4) is 0 Å². The minimum atomic E-state index is -4.62. The molecule has 11 heteroatoms. The fourth-order valence-electron chi connectivity index (χ4n) is 4.58. The van der Waals surface area contributed by atoms with Gasteiger partial charge < -0.3 is 4.74 Å². The van der Waals surface area contributed by atoms with Crippen LogP contribution in [0.2, 0.25) is 0 Å². The summed E-state index contributed by atoms with van der Waals surface area (Å²) >= 11 is 1.27. The number of piperidine rings is 1. The Bertz CT molecular complexity index is 1560. The van der Waals surface area contributed by atoms with Crippen molar-refractivity contribution in [2.24, 2.45) is 0 Å². The van der Waals surface area contributed by atoms with Crippen molar-refractivity contribution in [2.75, 3.05) is 32.5 Å². The maximum absolute atomic E-state index is 13.7. The summed E-state index contributed by atoms with van der Waals surface area (Å²) < 4.78 is 72.3. The normalized spacial score (nSPS) is 15.0. The fourth-order valence-corrected chi connectivity index (χ4v) is 6.25. The lowest BCUT2D eigenvalue weighted by atomic mass is 10.1. The predicted octanol–water partition coefficient (Wildman–Crippen LogP) is 6.55. The van der Waals surface area contributed by atoms with Crippen LogP contribution in [0.15, 0.2) is 71.6 Å². The summed E-state index contributed by atoms with van der Waals surface area (Å²) in [6.07, 6.45) is 0.144. The minimum absolute atomic E-state index is 0.177. The zero-order valence-electron chi connectivity index (χ0n) is 21.3. The van der Waals surface area contributed by atoms with Crippen molar-refractivity contribution in [1.29, 1.82) is 0 Å². The molecule has 0 unspecified atom stereocenters. The van der Waals surface area contributed by atoms with Gasteiger partial charge in [-0.15, -0.1) is 11.3 Å². The van der Waals surface area contributed by atoms with E-state index in [-0.39, 0.29) is 10.6 Å². The van der Waals surface area contributed by atoms with Crippen LogP contribution in [0, 0.1) is 0 Å². The first kappa shape index (κ1) is 27.4.